The standard InChI is InChI=1S/C20H23N5O3/c26-20(15-5-3-11-25(13-15)14-16-6-4-12-27-16)22-10-8-18-23-19(24-28-18)17-7-1-2-9-21-17/h1-2,4,6-7,9,12,15H,3,5,8,10-11,13-14H2,(H,22,26)/t15-/m0/s1. The van der Waals surface area contributed by atoms with Crippen LogP contribution in [0.3, 0.4) is 0 Å². The minimum Gasteiger partial charge on any atom is -0.468 e. The Morgan fingerprint density at radius 1 is 1.29 bits per heavy atom. The van der Waals surface area contributed by atoms with Crippen LogP contribution in [0.4, 0.5) is 0 Å². The van der Waals surface area contributed by atoms with E-state index in [1.807, 2.05) is 30.3 Å². The van der Waals surface area contributed by atoms with Crippen LogP contribution in [0.15, 0.2) is 51.7 Å². The summed E-state index contributed by atoms with van der Waals surface area (Å²) in [6.07, 6.45) is 5.78. The Balaban J connectivity index is 1.24. The molecule has 0 aliphatic carbocycles. The first-order chi connectivity index (χ1) is 13.8. The van der Waals surface area contributed by atoms with Gasteiger partial charge in [-0.2, -0.15) is 4.98 Å². The monoisotopic (exact) mass is 381 g/mol. The lowest BCUT2D eigenvalue weighted by Gasteiger charge is -2.31. The van der Waals surface area contributed by atoms with E-state index in [9.17, 15) is 4.79 Å². The zero-order valence-corrected chi connectivity index (χ0v) is 15.6. The second-order valence-electron chi connectivity index (χ2n) is 6.92. The lowest BCUT2D eigenvalue weighted by Crippen LogP contribution is -2.43. The summed E-state index contributed by atoms with van der Waals surface area (Å²) in [7, 11) is 0. The van der Waals surface area contributed by atoms with Gasteiger partial charge in [0, 0.05) is 25.7 Å². The van der Waals surface area contributed by atoms with Crippen molar-refractivity contribution in [2.24, 2.45) is 5.92 Å². The molecule has 0 spiro atoms. The molecule has 8 nitrogen and oxygen atoms in total. The number of nitrogens with zero attached hydrogens (tertiary/aromatic N) is 4. The summed E-state index contributed by atoms with van der Waals surface area (Å²) in [5.41, 5.74) is 0.667. The minimum absolute atomic E-state index is 0.00419. The van der Waals surface area contributed by atoms with E-state index in [0.29, 0.717) is 30.4 Å². The number of pyridine rings is 1. The Morgan fingerprint density at radius 3 is 3.07 bits per heavy atom. The molecule has 3 aromatic heterocycles. The molecule has 1 aliphatic heterocycles. The van der Waals surface area contributed by atoms with E-state index in [1.165, 1.54) is 0 Å². The van der Waals surface area contributed by atoms with Crippen molar-refractivity contribution < 1.29 is 13.7 Å². The van der Waals surface area contributed by atoms with Crippen LogP contribution in [-0.2, 0) is 17.8 Å². The molecular formula is C20H23N5O3. The summed E-state index contributed by atoms with van der Waals surface area (Å²) in [5.74, 6) is 1.96. The fourth-order valence-corrected chi connectivity index (χ4v) is 3.43. The second-order valence-corrected chi connectivity index (χ2v) is 6.92. The number of aromatic nitrogens is 3. The number of carbonyl (C=O) groups is 1. The third-order valence-electron chi connectivity index (χ3n) is 4.84. The molecular weight excluding hydrogens is 358 g/mol. The Kier molecular flexibility index (Phi) is 5.77. The van der Waals surface area contributed by atoms with E-state index >= 15 is 0 Å². The van der Waals surface area contributed by atoms with Gasteiger partial charge in [-0.15, -0.1) is 0 Å². The molecule has 1 fully saturated rings. The summed E-state index contributed by atoms with van der Waals surface area (Å²) in [6, 6.07) is 9.39. The van der Waals surface area contributed by atoms with Gasteiger partial charge in [0.25, 0.3) is 0 Å². The molecule has 1 N–H and O–H groups in total. The zero-order valence-electron chi connectivity index (χ0n) is 15.6. The van der Waals surface area contributed by atoms with Gasteiger partial charge in [0.05, 0.1) is 18.7 Å². The van der Waals surface area contributed by atoms with Crippen molar-refractivity contribution in [1.82, 2.24) is 25.3 Å². The van der Waals surface area contributed by atoms with Crippen LogP contribution < -0.4 is 5.32 Å². The normalized spacial score (nSPS) is 17.5. The smallest absolute Gasteiger partial charge is 0.228 e. The van der Waals surface area contributed by atoms with Crippen LogP contribution in [0.1, 0.15) is 24.5 Å². The minimum atomic E-state index is -0.00419. The Morgan fingerprint density at radius 2 is 2.25 bits per heavy atom. The summed E-state index contributed by atoms with van der Waals surface area (Å²) in [4.78, 5) is 23.3. The van der Waals surface area contributed by atoms with Crippen molar-refractivity contribution in [3.63, 3.8) is 0 Å². The molecule has 146 valence electrons. The highest BCUT2D eigenvalue weighted by Crippen LogP contribution is 2.19. The number of carbonyl (C=O) groups excluding carboxylic acids is 1. The largest absolute Gasteiger partial charge is 0.468 e. The average molecular weight is 381 g/mol. The summed E-state index contributed by atoms with van der Waals surface area (Å²) in [5, 5.41) is 6.94. The predicted octanol–water partition coefficient (Wildman–Crippen LogP) is 2.30. The van der Waals surface area contributed by atoms with Gasteiger partial charge in [-0.1, -0.05) is 11.2 Å². The number of piperidine rings is 1. The molecule has 4 heterocycles. The highest BCUT2D eigenvalue weighted by molar-refractivity contribution is 5.78. The van der Waals surface area contributed by atoms with Crippen LogP contribution in [0.25, 0.3) is 11.5 Å². The Bertz CT molecular complexity index is 878. The third-order valence-corrected chi connectivity index (χ3v) is 4.84. The molecule has 1 aliphatic rings. The highest BCUT2D eigenvalue weighted by Gasteiger charge is 2.26. The molecule has 3 aromatic rings. The lowest BCUT2D eigenvalue weighted by molar-refractivity contribution is -0.126. The molecule has 4 rings (SSSR count). The van der Waals surface area contributed by atoms with Gasteiger partial charge in [-0.25, -0.2) is 0 Å². The fraction of sp³-hybridized carbons (Fsp3) is 0.400. The number of furan rings is 1. The molecule has 0 unspecified atom stereocenters. The Hall–Kier alpha value is -3.00. The molecule has 1 amide bonds. The number of nitrogens with one attached hydrogen (secondary N) is 1. The highest BCUT2D eigenvalue weighted by atomic mass is 16.5. The van der Waals surface area contributed by atoms with Crippen LogP contribution >= 0.6 is 0 Å². The molecule has 8 heteroatoms. The van der Waals surface area contributed by atoms with Gasteiger partial charge in [-0.3, -0.25) is 14.7 Å². The molecule has 28 heavy (non-hydrogen) atoms. The van der Waals surface area contributed by atoms with Gasteiger partial charge in [0.1, 0.15) is 11.5 Å². The fourth-order valence-electron chi connectivity index (χ4n) is 3.43. The number of hydrogen-bond donors (Lipinski definition) is 1. The predicted molar refractivity (Wildman–Crippen MR) is 101 cm³/mol. The number of amides is 1. The maximum Gasteiger partial charge on any atom is 0.228 e. The van der Waals surface area contributed by atoms with E-state index in [1.54, 1.807) is 12.5 Å². The topological polar surface area (TPSA) is 97.3 Å². The lowest BCUT2D eigenvalue weighted by atomic mass is 9.97. The van der Waals surface area contributed by atoms with E-state index in [4.69, 9.17) is 8.94 Å². The van der Waals surface area contributed by atoms with Gasteiger partial charge < -0.3 is 14.3 Å². The Labute approximate surface area is 162 Å². The average Bonchev–Trinajstić information content (AvgIpc) is 3.41. The van der Waals surface area contributed by atoms with Crippen LogP contribution in [0, 0.1) is 5.92 Å². The van der Waals surface area contributed by atoms with E-state index in [2.05, 4.69) is 25.3 Å². The van der Waals surface area contributed by atoms with Gasteiger partial charge in [0.15, 0.2) is 0 Å². The van der Waals surface area contributed by atoms with Crippen molar-refractivity contribution in [2.75, 3.05) is 19.6 Å². The summed E-state index contributed by atoms with van der Waals surface area (Å²) in [6.45, 7) is 2.95. The maximum absolute atomic E-state index is 12.5. The van der Waals surface area contributed by atoms with Crippen molar-refractivity contribution in [2.45, 2.75) is 25.8 Å². The first kappa shape index (κ1) is 18.4. The quantitative estimate of drug-likeness (QED) is 0.670. The van der Waals surface area contributed by atoms with Crippen LogP contribution in [-0.4, -0.2) is 45.6 Å². The number of rotatable bonds is 7. The molecule has 1 atom stereocenters. The second kappa shape index (κ2) is 8.79. The molecule has 1 saturated heterocycles. The first-order valence-corrected chi connectivity index (χ1v) is 9.54. The van der Waals surface area contributed by atoms with Gasteiger partial charge in [0.2, 0.25) is 17.6 Å². The van der Waals surface area contributed by atoms with Crippen molar-refractivity contribution in [1.29, 1.82) is 0 Å². The van der Waals surface area contributed by atoms with E-state index < -0.39 is 0 Å². The van der Waals surface area contributed by atoms with Crippen molar-refractivity contribution in [3.8, 4) is 11.5 Å². The maximum atomic E-state index is 12.5. The van der Waals surface area contributed by atoms with E-state index in [-0.39, 0.29) is 11.8 Å². The van der Waals surface area contributed by atoms with Gasteiger partial charge >= 0.3 is 0 Å². The summed E-state index contributed by atoms with van der Waals surface area (Å²) < 4.78 is 10.7. The van der Waals surface area contributed by atoms with Gasteiger partial charge in [-0.05, 0) is 43.7 Å². The molecule has 0 aromatic carbocycles. The molecule has 0 bridgehead atoms. The number of likely N-dealkylation sites (tertiary alicyclic amines) is 1. The van der Waals surface area contributed by atoms with Crippen molar-refractivity contribution in [3.05, 3.63) is 54.4 Å². The van der Waals surface area contributed by atoms with E-state index in [0.717, 1.165) is 38.2 Å². The summed E-state index contributed by atoms with van der Waals surface area (Å²) >= 11 is 0. The SMILES string of the molecule is O=C(NCCc1nc(-c2ccccn2)no1)[C@H]1CCCN(Cc2ccco2)C1. The van der Waals surface area contributed by atoms with Crippen molar-refractivity contribution >= 4 is 5.91 Å². The molecule has 0 radical (unpaired) electrons. The van der Waals surface area contributed by atoms with Crippen LogP contribution in [0.2, 0.25) is 0 Å². The third kappa shape index (κ3) is 4.64. The first-order valence-electron chi connectivity index (χ1n) is 9.54. The number of hydrogen-bond acceptors (Lipinski definition) is 7. The zero-order chi connectivity index (χ0) is 19.2. The van der Waals surface area contributed by atoms with Crippen LogP contribution in [0.5, 0.6) is 0 Å². The molecule has 0 saturated carbocycles.